The van der Waals surface area contributed by atoms with Gasteiger partial charge in [-0.25, -0.2) is 0 Å². The number of carbonyl (C=O) groups excluding carboxylic acids is 4. The summed E-state index contributed by atoms with van der Waals surface area (Å²) in [6.07, 6.45) is 10.1. The number of benzene rings is 1. The Morgan fingerprint density at radius 2 is 1.90 bits per heavy atom. The number of amides is 1. The summed E-state index contributed by atoms with van der Waals surface area (Å²) in [6, 6.07) is 7.72. The number of aromatic nitrogens is 1. The number of hydrogen-bond acceptors (Lipinski definition) is 6. The van der Waals surface area contributed by atoms with Crippen LogP contribution in [0, 0.1) is 29.1 Å². The quantitative estimate of drug-likeness (QED) is 0.244. The van der Waals surface area contributed by atoms with Gasteiger partial charge in [0.2, 0.25) is 11.7 Å². The van der Waals surface area contributed by atoms with Gasteiger partial charge in [0.1, 0.15) is 5.41 Å². The molecule has 2 saturated heterocycles. The van der Waals surface area contributed by atoms with Gasteiger partial charge in [-0.05, 0) is 67.9 Å². The second kappa shape index (κ2) is 10.2. The topological polar surface area (TPSA) is 118 Å². The molecule has 3 heterocycles. The van der Waals surface area contributed by atoms with Crippen molar-refractivity contribution >= 4 is 34.3 Å². The zero-order valence-corrected chi connectivity index (χ0v) is 24.7. The highest BCUT2D eigenvalue weighted by atomic mass is 16.6. The number of allylic oxidation sites excluding steroid dienone is 3. The highest BCUT2D eigenvalue weighted by Gasteiger charge is 2.78. The molecule has 1 saturated carbocycles. The largest absolute Gasteiger partial charge is 0.450 e. The maximum Gasteiger partial charge on any atom is 0.303 e. The summed E-state index contributed by atoms with van der Waals surface area (Å²) < 4.78 is 11.7. The summed E-state index contributed by atoms with van der Waals surface area (Å²) in [5.74, 6) is -2.80. The van der Waals surface area contributed by atoms with E-state index < -0.39 is 40.6 Å². The molecule has 2 N–H and O–H groups in total. The number of aromatic amines is 1. The summed E-state index contributed by atoms with van der Waals surface area (Å²) >= 11 is 0. The third-order valence-corrected chi connectivity index (χ3v) is 10.1. The first kappa shape index (κ1) is 28.3. The number of ether oxygens (including phenoxy) is 2. The molecular weight excluding hydrogens is 532 g/mol. The van der Waals surface area contributed by atoms with Gasteiger partial charge in [0.25, 0.3) is 0 Å². The van der Waals surface area contributed by atoms with Gasteiger partial charge in [-0.2, -0.15) is 0 Å². The van der Waals surface area contributed by atoms with Crippen LogP contribution in [0.5, 0.6) is 0 Å². The van der Waals surface area contributed by atoms with Crippen LogP contribution in [0.4, 0.5) is 0 Å². The molecule has 2 aliphatic heterocycles. The zero-order valence-electron chi connectivity index (χ0n) is 24.7. The number of rotatable bonds is 3. The molecule has 0 radical (unpaired) electrons. The highest BCUT2D eigenvalue weighted by molar-refractivity contribution is 6.15. The van der Waals surface area contributed by atoms with E-state index in [0.717, 1.165) is 16.5 Å². The maximum atomic E-state index is 14.4. The predicted molar refractivity (Wildman–Crippen MR) is 157 cm³/mol. The Kier molecular flexibility index (Phi) is 6.88. The van der Waals surface area contributed by atoms with Crippen molar-refractivity contribution in [3.63, 3.8) is 0 Å². The Morgan fingerprint density at radius 1 is 1.14 bits per heavy atom. The lowest BCUT2D eigenvalue weighted by Crippen LogP contribution is -2.58. The molecule has 1 spiro atoms. The van der Waals surface area contributed by atoms with Crippen molar-refractivity contribution in [1.82, 2.24) is 10.3 Å². The van der Waals surface area contributed by atoms with Gasteiger partial charge in [0, 0.05) is 41.9 Å². The average Bonchev–Trinajstić information content (AvgIpc) is 3.35. The van der Waals surface area contributed by atoms with Crippen molar-refractivity contribution in [1.29, 1.82) is 0 Å². The van der Waals surface area contributed by atoms with Gasteiger partial charge in [-0.3, -0.25) is 19.2 Å². The number of carbonyl (C=O) groups is 4. The third kappa shape index (κ3) is 4.30. The molecular formula is C34H38N2O6. The van der Waals surface area contributed by atoms with Gasteiger partial charge in [-0.1, -0.05) is 50.3 Å². The molecule has 4 aliphatic rings. The average molecular weight is 571 g/mol. The predicted octanol–water partition coefficient (Wildman–Crippen LogP) is 4.40. The van der Waals surface area contributed by atoms with Crippen LogP contribution >= 0.6 is 0 Å². The molecule has 42 heavy (non-hydrogen) atoms. The lowest BCUT2D eigenvalue weighted by atomic mass is 9.51. The molecule has 8 heteroatoms. The Bertz CT molecular complexity index is 1570. The fraction of sp³-hybridized carbons (Fsp3) is 0.471. The Hall–Kier alpha value is -3.78. The Balaban J connectivity index is 1.45. The van der Waals surface area contributed by atoms with Crippen molar-refractivity contribution in [2.75, 3.05) is 0 Å². The monoisotopic (exact) mass is 570 g/mol. The van der Waals surface area contributed by atoms with Crippen molar-refractivity contribution in [2.45, 2.75) is 71.3 Å². The van der Waals surface area contributed by atoms with Crippen LogP contribution in [0.3, 0.4) is 0 Å². The van der Waals surface area contributed by atoms with E-state index >= 15 is 0 Å². The number of para-hydroxylation sites is 1. The van der Waals surface area contributed by atoms with Crippen molar-refractivity contribution < 1.29 is 28.7 Å². The first-order valence-corrected chi connectivity index (χ1v) is 14.8. The number of epoxide rings is 1. The van der Waals surface area contributed by atoms with Crippen LogP contribution in [0.1, 0.15) is 46.6 Å². The van der Waals surface area contributed by atoms with E-state index in [0.29, 0.717) is 18.4 Å². The number of hydrogen-bond donors (Lipinski definition) is 2. The van der Waals surface area contributed by atoms with E-state index in [1.807, 2.05) is 49.5 Å². The van der Waals surface area contributed by atoms with E-state index in [-0.39, 0.29) is 35.8 Å². The molecule has 9 atom stereocenters. The summed E-state index contributed by atoms with van der Waals surface area (Å²) in [4.78, 5) is 57.2. The van der Waals surface area contributed by atoms with Crippen molar-refractivity contribution in [3.8, 4) is 0 Å². The molecule has 0 unspecified atom stereocenters. The first-order valence-electron chi connectivity index (χ1n) is 14.8. The Labute approximate surface area is 245 Å². The smallest absolute Gasteiger partial charge is 0.303 e. The molecule has 2 aliphatic carbocycles. The normalized spacial score (nSPS) is 39.4. The summed E-state index contributed by atoms with van der Waals surface area (Å²) in [6.45, 7) is 9.17. The van der Waals surface area contributed by atoms with Crippen molar-refractivity contribution in [2.24, 2.45) is 29.1 Å². The number of fused-ring (bicyclic) bond motifs is 3. The molecule has 3 fully saturated rings. The van der Waals surface area contributed by atoms with E-state index in [1.165, 1.54) is 19.1 Å². The molecule has 1 aromatic carbocycles. The van der Waals surface area contributed by atoms with Crippen LogP contribution in [0.25, 0.3) is 10.9 Å². The maximum absolute atomic E-state index is 14.4. The molecule has 1 amide bonds. The minimum absolute atomic E-state index is 0.0281. The first-order chi connectivity index (χ1) is 20.0. The van der Waals surface area contributed by atoms with Gasteiger partial charge < -0.3 is 19.8 Å². The number of nitrogens with one attached hydrogen (secondary N) is 2. The van der Waals surface area contributed by atoms with E-state index in [4.69, 9.17) is 9.47 Å². The van der Waals surface area contributed by atoms with Crippen molar-refractivity contribution in [3.05, 3.63) is 72.0 Å². The number of ketones is 2. The van der Waals surface area contributed by atoms with Crippen LogP contribution < -0.4 is 5.32 Å². The third-order valence-electron chi connectivity index (χ3n) is 10.1. The lowest BCUT2D eigenvalue weighted by molar-refractivity contribution is -0.149. The van der Waals surface area contributed by atoms with Crippen LogP contribution in [-0.4, -0.2) is 52.3 Å². The standard InChI is InChI=1S/C34H38N2O6/c1-18-9-8-11-24-31-33(5,42-31)20(3)29-26(16-22-17-35-25-12-7-6-10-23(22)25)36-32(40)34(24,29)28(39)14-13-27(38)30(19(2)15-18)41-21(4)37/h6-8,10-15,17-18,20,24,26,29-31,35H,9,16H2,1-5H3,(H,36,40)/b11-8+,14-13+,19-15?/t18-,20-,24-,26-,29-,30+,31-,33+,34+/m0/s1. The van der Waals surface area contributed by atoms with Crippen LogP contribution in [0.2, 0.25) is 0 Å². The molecule has 0 bridgehead atoms. The molecule has 1 aromatic heterocycles. The summed E-state index contributed by atoms with van der Waals surface area (Å²) in [7, 11) is 0. The second-order valence-corrected chi connectivity index (χ2v) is 12.7. The minimum Gasteiger partial charge on any atom is -0.450 e. The molecule has 220 valence electrons. The SMILES string of the molecule is CC(=O)O[C@H]1C(=O)/C=C/C(=O)[C@@]23C(=O)N[C@@H](Cc4c[nH]c5ccccc45)[C@@H]2[C@H](C)[C@@]2(C)O[C@H]2[C@@H]3/C=C/C[C@H](C)C=C1C. The fourth-order valence-electron chi connectivity index (χ4n) is 7.97. The summed E-state index contributed by atoms with van der Waals surface area (Å²) in [5.41, 5.74) is 0.774. The van der Waals surface area contributed by atoms with E-state index in [1.54, 1.807) is 6.92 Å². The Morgan fingerprint density at radius 3 is 2.67 bits per heavy atom. The zero-order chi connectivity index (χ0) is 30.0. The lowest BCUT2D eigenvalue weighted by Gasteiger charge is -2.45. The van der Waals surface area contributed by atoms with Gasteiger partial charge in [0.15, 0.2) is 11.9 Å². The number of esters is 1. The van der Waals surface area contributed by atoms with Gasteiger partial charge in [0.05, 0.1) is 11.7 Å². The van der Waals surface area contributed by atoms with Gasteiger partial charge >= 0.3 is 5.97 Å². The molecule has 6 rings (SSSR count). The molecule has 8 nitrogen and oxygen atoms in total. The fourth-order valence-corrected chi connectivity index (χ4v) is 7.97. The minimum atomic E-state index is -1.44. The number of H-pyrrole nitrogens is 1. The van der Waals surface area contributed by atoms with E-state index in [2.05, 4.69) is 30.2 Å². The summed E-state index contributed by atoms with van der Waals surface area (Å²) in [5, 5.41) is 4.32. The molecule has 2 aromatic rings. The highest BCUT2D eigenvalue weighted by Crippen LogP contribution is 2.66. The second-order valence-electron chi connectivity index (χ2n) is 12.7. The van der Waals surface area contributed by atoms with E-state index in [9.17, 15) is 19.2 Å². The van der Waals surface area contributed by atoms with Crippen LogP contribution in [-0.2, 0) is 35.1 Å². The van der Waals surface area contributed by atoms with Gasteiger partial charge in [-0.15, -0.1) is 0 Å². The van der Waals surface area contributed by atoms with Crippen LogP contribution in [0.15, 0.2) is 66.4 Å².